The predicted molar refractivity (Wildman–Crippen MR) is 52.0 cm³/mol. The van der Waals surface area contributed by atoms with Crippen molar-refractivity contribution in [1.82, 2.24) is 10.4 Å². The zero-order valence-corrected chi connectivity index (χ0v) is 8.47. The Morgan fingerprint density at radius 1 is 1.17 bits per heavy atom. The topological polar surface area (TPSA) is 149 Å². The summed E-state index contributed by atoms with van der Waals surface area (Å²) < 4.78 is 4.18. The summed E-state index contributed by atoms with van der Waals surface area (Å²) in [4.78, 5) is 31.1. The van der Waals surface area contributed by atoms with Crippen molar-refractivity contribution in [1.29, 1.82) is 0 Å². The van der Waals surface area contributed by atoms with Gasteiger partial charge in [-0.25, -0.2) is 9.32 Å². The normalized spacial score (nSPS) is 10.2. The van der Waals surface area contributed by atoms with Gasteiger partial charge in [0, 0.05) is 0 Å². The van der Waals surface area contributed by atoms with Crippen molar-refractivity contribution in [2.75, 3.05) is 0 Å². The molecule has 0 saturated heterocycles. The Hall–Kier alpha value is -3.11. The Balaban J connectivity index is 2.63. The van der Waals surface area contributed by atoms with Crippen LogP contribution in [-0.2, 0) is 0 Å². The summed E-state index contributed by atoms with van der Waals surface area (Å²) in [6.07, 6.45) is 0. The van der Waals surface area contributed by atoms with Crippen molar-refractivity contribution in [2.24, 2.45) is 0 Å². The van der Waals surface area contributed by atoms with E-state index in [9.17, 15) is 25.0 Å². The molecule has 11 heteroatoms. The number of aromatic nitrogens is 3. The third-order valence-electron chi connectivity index (χ3n) is 1.96. The molecule has 92 valence electrons. The van der Waals surface area contributed by atoms with Crippen LogP contribution in [0.5, 0.6) is 0 Å². The Labute approximate surface area is 96.5 Å². The second-order valence-corrected chi connectivity index (χ2v) is 3.11. The molecule has 0 aliphatic heterocycles. The molecule has 0 amide bonds. The summed E-state index contributed by atoms with van der Waals surface area (Å²) in [5.74, 6) is -0.899. The summed E-state index contributed by atoms with van der Waals surface area (Å²) >= 11 is 0. The number of rotatable bonds is 3. The fourth-order valence-electron chi connectivity index (χ4n) is 1.23. The minimum Gasteiger partial charge on any atom is -0.258 e. The van der Waals surface area contributed by atoms with E-state index in [0.29, 0.717) is 0 Å². The van der Waals surface area contributed by atoms with Gasteiger partial charge in [0.05, 0.1) is 32.8 Å². The zero-order chi connectivity index (χ0) is 13.3. The van der Waals surface area contributed by atoms with Crippen LogP contribution in [0.3, 0.4) is 0 Å². The summed E-state index contributed by atoms with van der Waals surface area (Å²) in [6.45, 7) is 0. The highest BCUT2D eigenvalue weighted by Crippen LogP contribution is 2.22. The molecular weight excluding hydrogens is 250 g/mol. The summed E-state index contributed by atoms with van der Waals surface area (Å²) in [5, 5.41) is 26.5. The van der Waals surface area contributed by atoms with E-state index in [0.717, 1.165) is 23.0 Å². The molecule has 1 N–H and O–H groups in total. The number of benzene rings is 1. The Bertz CT molecular complexity index is 655. The predicted octanol–water partition coefficient (Wildman–Crippen LogP) is -0.544. The molecule has 11 nitrogen and oxygen atoms in total. The van der Waals surface area contributed by atoms with Crippen LogP contribution in [-0.4, -0.2) is 20.2 Å². The van der Waals surface area contributed by atoms with Crippen LogP contribution in [0.15, 0.2) is 27.5 Å². The van der Waals surface area contributed by atoms with E-state index in [1.165, 1.54) is 0 Å². The van der Waals surface area contributed by atoms with Crippen molar-refractivity contribution < 1.29 is 19.2 Å². The molecule has 18 heavy (non-hydrogen) atoms. The van der Waals surface area contributed by atoms with E-state index in [1.54, 1.807) is 0 Å². The maximum atomic E-state index is 10.7. The van der Waals surface area contributed by atoms with Gasteiger partial charge in [0.2, 0.25) is 5.27 Å². The molecule has 1 heterocycles. The molecule has 1 aromatic carbocycles. The fourth-order valence-corrected chi connectivity index (χ4v) is 1.23. The van der Waals surface area contributed by atoms with Crippen molar-refractivity contribution in [3.8, 4) is 5.69 Å². The first-order valence-corrected chi connectivity index (χ1v) is 4.40. The number of nitro benzene ring substituents is 2. The van der Waals surface area contributed by atoms with Gasteiger partial charge in [0.25, 0.3) is 17.1 Å². The highest BCUT2D eigenvalue weighted by Gasteiger charge is 2.24. The third-order valence-corrected chi connectivity index (χ3v) is 1.96. The van der Waals surface area contributed by atoms with Gasteiger partial charge in [-0.1, -0.05) is 5.10 Å². The van der Waals surface area contributed by atoms with Gasteiger partial charge in [-0.05, 0) is 0 Å². The highest BCUT2D eigenvalue weighted by molar-refractivity contribution is 5.49. The molecule has 2 aromatic rings. The van der Waals surface area contributed by atoms with E-state index >= 15 is 0 Å². The van der Waals surface area contributed by atoms with Gasteiger partial charge >= 0.3 is 5.76 Å². The largest absolute Gasteiger partial charge is 0.493 e. The smallest absolute Gasteiger partial charge is 0.258 e. The zero-order valence-electron chi connectivity index (χ0n) is 8.47. The monoisotopic (exact) mass is 254 g/mol. The lowest BCUT2D eigenvalue weighted by molar-refractivity contribution is -0.725. The van der Waals surface area contributed by atoms with Crippen LogP contribution in [0, 0.1) is 20.2 Å². The van der Waals surface area contributed by atoms with Gasteiger partial charge in [-0.15, -0.1) is 0 Å². The Morgan fingerprint density at radius 3 is 2.11 bits per heavy atom. The number of nitrogens with one attached hydrogen (secondary N) is 1. The molecule has 0 aliphatic rings. The number of nitrogens with zero attached hydrogens (tertiary/aromatic N) is 4. The van der Waals surface area contributed by atoms with Gasteiger partial charge in [-0.3, -0.25) is 20.2 Å². The van der Waals surface area contributed by atoms with Gasteiger partial charge in [-0.2, -0.15) is 0 Å². The van der Waals surface area contributed by atoms with Crippen molar-refractivity contribution in [3.05, 3.63) is 49.0 Å². The van der Waals surface area contributed by atoms with E-state index in [2.05, 4.69) is 14.9 Å². The Kier molecular flexibility index (Phi) is 2.56. The van der Waals surface area contributed by atoms with Crippen LogP contribution in [0.2, 0.25) is 0 Å². The molecule has 0 aliphatic carbocycles. The van der Waals surface area contributed by atoms with E-state index in [4.69, 9.17) is 0 Å². The molecule has 2 rings (SSSR count). The first-order chi connectivity index (χ1) is 8.47. The van der Waals surface area contributed by atoms with Crippen molar-refractivity contribution in [2.45, 2.75) is 0 Å². The number of nitro groups is 2. The van der Waals surface area contributed by atoms with E-state index in [1.807, 2.05) is 0 Å². The quantitative estimate of drug-likeness (QED) is 0.438. The molecular formula is C7H4N5O6+. The summed E-state index contributed by atoms with van der Waals surface area (Å²) in [7, 11) is 0. The maximum Gasteiger partial charge on any atom is 0.493 e. The fraction of sp³-hybridized carbons (Fsp3) is 0. The van der Waals surface area contributed by atoms with Crippen LogP contribution >= 0.6 is 0 Å². The molecule has 0 atom stereocenters. The molecule has 0 unspecified atom stereocenters. The van der Waals surface area contributed by atoms with Crippen molar-refractivity contribution in [3.63, 3.8) is 0 Å². The molecule has 0 saturated carbocycles. The molecule has 1 aromatic heterocycles. The SMILES string of the molecule is O=c1[nH][n+](-c2cc([N+](=O)[O-])cc([N+](=O)[O-])c2)no1. The van der Waals surface area contributed by atoms with Gasteiger partial charge < -0.3 is 0 Å². The minimum absolute atomic E-state index is 0.0678. The molecule has 0 spiro atoms. The standard InChI is InChI=1S/C7H3N5O6/c13-7-8-10(9-18-7)4-1-5(11(14)15)3-6(2-4)12(16)17/h1-3H/p+1. The third kappa shape index (κ3) is 2.04. The maximum absolute atomic E-state index is 10.7. The first-order valence-electron chi connectivity index (χ1n) is 4.40. The average molecular weight is 254 g/mol. The van der Waals surface area contributed by atoms with E-state index in [-0.39, 0.29) is 5.69 Å². The second kappa shape index (κ2) is 4.04. The second-order valence-electron chi connectivity index (χ2n) is 3.11. The van der Waals surface area contributed by atoms with Crippen molar-refractivity contribution >= 4 is 11.4 Å². The lowest BCUT2D eigenvalue weighted by atomic mass is 10.2. The van der Waals surface area contributed by atoms with Gasteiger partial charge in [0.1, 0.15) is 0 Å². The molecule has 0 fully saturated rings. The highest BCUT2D eigenvalue weighted by atomic mass is 16.6. The molecule has 0 radical (unpaired) electrons. The number of non-ortho nitro benzene ring substituents is 2. The lowest BCUT2D eigenvalue weighted by Crippen LogP contribution is -2.37. The molecule has 0 bridgehead atoms. The Morgan fingerprint density at radius 2 is 1.72 bits per heavy atom. The van der Waals surface area contributed by atoms with E-state index < -0.39 is 27.0 Å². The van der Waals surface area contributed by atoms with Crippen LogP contribution in [0.1, 0.15) is 0 Å². The van der Waals surface area contributed by atoms with Crippen LogP contribution in [0.4, 0.5) is 11.4 Å². The van der Waals surface area contributed by atoms with Crippen LogP contribution < -0.4 is 10.6 Å². The average Bonchev–Trinajstić information content (AvgIpc) is 2.75. The number of hydrogen-bond donors (Lipinski definition) is 1. The number of aromatic amines is 1. The summed E-state index contributed by atoms with van der Waals surface area (Å²) in [5.41, 5.74) is -1.08. The van der Waals surface area contributed by atoms with Crippen LogP contribution in [0.25, 0.3) is 5.69 Å². The van der Waals surface area contributed by atoms with Gasteiger partial charge in [0.15, 0.2) is 0 Å². The number of H-pyrrole nitrogens is 1. The number of hydrogen-bond acceptors (Lipinski definition) is 7. The lowest BCUT2D eigenvalue weighted by Gasteiger charge is -1.92. The minimum atomic E-state index is -0.899. The first kappa shape index (κ1) is 11.4. The summed E-state index contributed by atoms with van der Waals surface area (Å²) in [6, 6.07) is 2.80.